The summed E-state index contributed by atoms with van der Waals surface area (Å²) >= 11 is 0. The summed E-state index contributed by atoms with van der Waals surface area (Å²) in [6.45, 7) is 3.23. The molecule has 1 aliphatic carbocycles. The van der Waals surface area contributed by atoms with Gasteiger partial charge in [-0.05, 0) is 55.4 Å². The molecule has 2 nitrogen and oxygen atoms in total. The van der Waals surface area contributed by atoms with E-state index in [0.29, 0.717) is 12.0 Å². The van der Waals surface area contributed by atoms with Crippen molar-refractivity contribution in [3.63, 3.8) is 0 Å². The van der Waals surface area contributed by atoms with E-state index in [1.54, 1.807) is 5.56 Å². The van der Waals surface area contributed by atoms with Crippen molar-refractivity contribution in [1.82, 2.24) is 10.3 Å². The van der Waals surface area contributed by atoms with Crippen LogP contribution in [0.3, 0.4) is 0 Å². The van der Waals surface area contributed by atoms with Gasteiger partial charge in [-0.3, -0.25) is 4.98 Å². The molecule has 0 bridgehead atoms. The summed E-state index contributed by atoms with van der Waals surface area (Å²) in [6.07, 6.45) is 5.70. The first-order chi connectivity index (χ1) is 9.84. The molecule has 0 fully saturated rings. The second-order valence-corrected chi connectivity index (χ2v) is 5.67. The van der Waals surface area contributed by atoms with E-state index in [4.69, 9.17) is 0 Å². The van der Waals surface area contributed by atoms with Crippen molar-refractivity contribution in [3.8, 4) is 0 Å². The number of hydrogen-bond acceptors (Lipinski definition) is 2. The number of nitrogens with one attached hydrogen (secondary N) is 1. The average molecular weight is 266 g/mol. The van der Waals surface area contributed by atoms with Gasteiger partial charge in [0.15, 0.2) is 0 Å². The van der Waals surface area contributed by atoms with Gasteiger partial charge in [0.1, 0.15) is 0 Å². The molecule has 0 spiro atoms. The fourth-order valence-electron chi connectivity index (χ4n) is 3.12. The molecule has 1 aromatic carbocycles. The molecule has 1 aliphatic rings. The third-order valence-electron chi connectivity index (χ3n) is 4.30. The highest BCUT2D eigenvalue weighted by molar-refractivity contribution is 5.32. The fourth-order valence-corrected chi connectivity index (χ4v) is 3.12. The fraction of sp³-hybridized carbons (Fsp3) is 0.389. The van der Waals surface area contributed by atoms with Gasteiger partial charge < -0.3 is 5.32 Å². The Morgan fingerprint density at radius 1 is 1.20 bits per heavy atom. The van der Waals surface area contributed by atoms with Gasteiger partial charge in [-0.1, -0.05) is 30.3 Å². The standard InChI is InChI=1S/C18H22N2/c1-14(18-11-4-5-12-19-18)20-13-16-9-6-8-15-7-2-3-10-17(15)16/h2-5,7,10-12,14,16,20H,6,8-9,13H2,1H3/t14-,16?/m0/s1. The summed E-state index contributed by atoms with van der Waals surface area (Å²) in [6, 6.07) is 15.3. The summed E-state index contributed by atoms with van der Waals surface area (Å²) in [4.78, 5) is 4.42. The van der Waals surface area contributed by atoms with Gasteiger partial charge >= 0.3 is 0 Å². The van der Waals surface area contributed by atoms with Gasteiger partial charge in [0.2, 0.25) is 0 Å². The summed E-state index contributed by atoms with van der Waals surface area (Å²) in [5.41, 5.74) is 4.20. The molecule has 2 heteroatoms. The Hall–Kier alpha value is -1.67. The average Bonchev–Trinajstić information content (AvgIpc) is 2.53. The zero-order valence-electron chi connectivity index (χ0n) is 12.0. The van der Waals surface area contributed by atoms with Crippen LogP contribution in [0.1, 0.15) is 48.5 Å². The van der Waals surface area contributed by atoms with E-state index < -0.39 is 0 Å². The summed E-state index contributed by atoms with van der Waals surface area (Å²) in [7, 11) is 0. The van der Waals surface area contributed by atoms with Crippen molar-refractivity contribution in [1.29, 1.82) is 0 Å². The lowest BCUT2D eigenvalue weighted by atomic mass is 9.83. The van der Waals surface area contributed by atoms with Crippen LogP contribution in [-0.2, 0) is 6.42 Å². The Bertz CT molecular complexity index is 550. The first-order valence-electron chi connectivity index (χ1n) is 7.56. The second kappa shape index (κ2) is 6.19. The topological polar surface area (TPSA) is 24.9 Å². The van der Waals surface area contributed by atoms with Gasteiger partial charge in [-0.15, -0.1) is 0 Å². The Morgan fingerprint density at radius 3 is 2.90 bits per heavy atom. The molecule has 0 aliphatic heterocycles. The van der Waals surface area contributed by atoms with E-state index in [0.717, 1.165) is 12.2 Å². The number of aromatic nitrogens is 1. The highest BCUT2D eigenvalue weighted by Crippen LogP contribution is 2.31. The summed E-state index contributed by atoms with van der Waals surface area (Å²) in [5, 5.41) is 3.65. The Morgan fingerprint density at radius 2 is 2.05 bits per heavy atom. The molecule has 20 heavy (non-hydrogen) atoms. The lowest BCUT2D eigenvalue weighted by Crippen LogP contribution is -2.27. The summed E-state index contributed by atoms with van der Waals surface area (Å²) in [5.74, 6) is 0.645. The van der Waals surface area contributed by atoms with Gasteiger partial charge in [0, 0.05) is 18.8 Å². The van der Waals surface area contributed by atoms with Gasteiger partial charge in [-0.25, -0.2) is 0 Å². The van der Waals surface area contributed by atoms with Gasteiger partial charge in [0.05, 0.1) is 5.69 Å². The maximum Gasteiger partial charge on any atom is 0.0570 e. The lowest BCUT2D eigenvalue weighted by molar-refractivity contribution is 0.469. The lowest BCUT2D eigenvalue weighted by Gasteiger charge is -2.27. The van der Waals surface area contributed by atoms with Crippen molar-refractivity contribution in [2.75, 3.05) is 6.54 Å². The quantitative estimate of drug-likeness (QED) is 0.909. The molecule has 1 heterocycles. The van der Waals surface area contributed by atoms with E-state index in [1.165, 1.54) is 24.8 Å². The zero-order chi connectivity index (χ0) is 13.8. The Balaban J connectivity index is 1.65. The number of hydrogen-bond donors (Lipinski definition) is 1. The minimum Gasteiger partial charge on any atom is -0.308 e. The van der Waals surface area contributed by atoms with Crippen LogP contribution in [0.5, 0.6) is 0 Å². The molecule has 0 amide bonds. The third kappa shape index (κ3) is 2.91. The monoisotopic (exact) mass is 266 g/mol. The molecule has 3 rings (SSSR count). The first-order valence-corrected chi connectivity index (χ1v) is 7.56. The summed E-state index contributed by atoms with van der Waals surface area (Å²) < 4.78 is 0. The minimum atomic E-state index is 0.310. The Labute approximate surface area is 121 Å². The largest absolute Gasteiger partial charge is 0.308 e. The molecule has 0 saturated heterocycles. The van der Waals surface area contributed by atoms with Crippen molar-refractivity contribution >= 4 is 0 Å². The molecule has 2 aromatic rings. The zero-order valence-corrected chi connectivity index (χ0v) is 12.0. The Kier molecular flexibility index (Phi) is 4.12. The predicted molar refractivity (Wildman–Crippen MR) is 82.8 cm³/mol. The number of aryl methyl sites for hydroxylation is 1. The first kappa shape index (κ1) is 13.3. The van der Waals surface area contributed by atoms with Crippen LogP contribution >= 0.6 is 0 Å². The van der Waals surface area contributed by atoms with Gasteiger partial charge in [0.25, 0.3) is 0 Å². The van der Waals surface area contributed by atoms with Gasteiger partial charge in [-0.2, -0.15) is 0 Å². The third-order valence-corrected chi connectivity index (χ3v) is 4.30. The smallest absolute Gasteiger partial charge is 0.0570 e. The van der Waals surface area contributed by atoms with E-state index >= 15 is 0 Å². The van der Waals surface area contributed by atoms with Crippen molar-refractivity contribution in [2.45, 2.75) is 38.1 Å². The maximum atomic E-state index is 4.42. The molecule has 0 saturated carbocycles. The van der Waals surface area contributed by atoms with E-state index in [-0.39, 0.29) is 0 Å². The van der Waals surface area contributed by atoms with Crippen LogP contribution in [0.25, 0.3) is 0 Å². The van der Waals surface area contributed by atoms with Crippen LogP contribution in [0.15, 0.2) is 48.7 Å². The van der Waals surface area contributed by atoms with Crippen LogP contribution in [0, 0.1) is 0 Å². The molecule has 104 valence electrons. The van der Waals surface area contributed by atoms with E-state index in [2.05, 4.69) is 53.6 Å². The highest BCUT2D eigenvalue weighted by atomic mass is 14.9. The van der Waals surface area contributed by atoms with Crippen LogP contribution in [0.4, 0.5) is 0 Å². The number of fused-ring (bicyclic) bond motifs is 1. The molecule has 1 aromatic heterocycles. The van der Waals surface area contributed by atoms with Crippen molar-refractivity contribution in [3.05, 3.63) is 65.5 Å². The molecule has 1 unspecified atom stereocenters. The SMILES string of the molecule is C[C@H](NCC1CCCc2ccccc21)c1ccccn1. The number of nitrogens with zero attached hydrogens (tertiary/aromatic N) is 1. The molecule has 2 atom stereocenters. The van der Waals surface area contributed by atoms with E-state index in [1.807, 2.05) is 12.3 Å². The van der Waals surface area contributed by atoms with E-state index in [9.17, 15) is 0 Å². The number of rotatable bonds is 4. The predicted octanol–water partition coefficient (Wildman–Crippen LogP) is 3.85. The maximum absolute atomic E-state index is 4.42. The number of benzene rings is 1. The molecule has 1 N–H and O–H groups in total. The molecular weight excluding hydrogens is 244 g/mol. The van der Waals surface area contributed by atoms with Crippen molar-refractivity contribution < 1.29 is 0 Å². The normalized spacial score (nSPS) is 19.4. The molecular formula is C18H22N2. The minimum absolute atomic E-state index is 0.310. The van der Waals surface area contributed by atoms with Crippen LogP contribution in [0.2, 0.25) is 0 Å². The number of pyridine rings is 1. The molecule has 0 radical (unpaired) electrons. The highest BCUT2D eigenvalue weighted by Gasteiger charge is 2.20. The second-order valence-electron chi connectivity index (χ2n) is 5.67. The van der Waals surface area contributed by atoms with Crippen molar-refractivity contribution in [2.24, 2.45) is 0 Å². The van der Waals surface area contributed by atoms with Crippen LogP contribution in [-0.4, -0.2) is 11.5 Å². The van der Waals surface area contributed by atoms with Crippen LogP contribution < -0.4 is 5.32 Å².